The van der Waals surface area contributed by atoms with Gasteiger partial charge in [-0.25, -0.2) is 0 Å². The van der Waals surface area contributed by atoms with E-state index >= 15 is 0 Å². The number of benzene rings is 4. The Labute approximate surface area is 239 Å². The van der Waals surface area contributed by atoms with E-state index in [1.165, 1.54) is 37.3 Å². The largest absolute Gasteiger partial charge is 0.504 e. The van der Waals surface area contributed by atoms with Gasteiger partial charge in [0.15, 0.2) is 11.5 Å². The fourth-order valence-electron chi connectivity index (χ4n) is 4.34. The Hall–Kier alpha value is -4.70. The Balaban J connectivity index is 1.83. The van der Waals surface area contributed by atoms with Crippen molar-refractivity contribution >= 4 is 16.0 Å². The number of hydrogen-bond donors (Lipinski definition) is 1. The summed E-state index contributed by atoms with van der Waals surface area (Å²) in [7, 11) is 2.50. The quantitative estimate of drug-likeness (QED) is 0.251. The van der Waals surface area contributed by atoms with Crippen LogP contribution in [0.1, 0.15) is 15.9 Å². The summed E-state index contributed by atoms with van der Waals surface area (Å²) in [5, 5.41) is 10.9. The molecule has 0 spiro atoms. The maximum atomic E-state index is 13.6. The van der Waals surface area contributed by atoms with E-state index in [1.54, 1.807) is 44.4 Å². The van der Waals surface area contributed by atoms with Crippen LogP contribution in [0.2, 0.25) is 0 Å². The fourth-order valence-corrected chi connectivity index (χ4v) is 4.80. The van der Waals surface area contributed by atoms with Crippen molar-refractivity contribution in [2.24, 2.45) is 0 Å². The molecule has 0 aliphatic rings. The van der Waals surface area contributed by atoms with Gasteiger partial charge in [-0.3, -0.25) is 4.79 Å². The third kappa shape index (κ3) is 6.72. The highest BCUT2D eigenvalue weighted by Gasteiger charge is 2.28. The Bertz CT molecular complexity index is 1650. The Morgan fingerprint density at radius 2 is 1.51 bits per heavy atom. The first-order chi connectivity index (χ1) is 19.5. The molecule has 0 aromatic heterocycles. The number of aromatic hydroxyl groups is 1. The molecule has 41 heavy (non-hydrogen) atoms. The van der Waals surface area contributed by atoms with Gasteiger partial charge in [0.2, 0.25) is 0 Å². The lowest BCUT2D eigenvalue weighted by molar-refractivity contribution is 0.0824. The zero-order valence-corrected chi connectivity index (χ0v) is 24.2. The van der Waals surface area contributed by atoms with Crippen LogP contribution in [0.4, 0.5) is 0 Å². The number of nitrogens with zero attached hydrogens (tertiary/aromatic N) is 1. The number of ether oxygens (including phenoxy) is 3. The molecule has 0 saturated heterocycles. The number of carbonyl (C=O) groups is 1. The number of phenols is 1. The summed E-state index contributed by atoms with van der Waals surface area (Å²) >= 11 is 0. The van der Waals surface area contributed by atoms with Crippen LogP contribution in [0.3, 0.4) is 0 Å². The van der Waals surface area contributed by atoms with Crippen LogP contribution < -0.4 is 18.4 Å². The minimum atomic E-state index is -3.69. The number of amides is 1. The molecule has 0 heterocycles. The van der Waals surface area contributed by atoms with E-state index in [0.717, 1.165) is 11.8 Å². The zero-order chi connectivity index (χ0) is 29.7. The van der Waals surface area contributed by atoms with Crippen molar-refractivity contribution in [1.29, 1.82) is 0 Å². The average Bonchev–Trinajstić information content (AvgIpc) is 2.95. The van der Waals surface area contributed by atoms with E-state index in [9.17, 15) is 18.3 Å². The van der Waals surface area contributed by atoms with Gasteiger partial charge in [0.1, 0.15) is 23.9 Å². The third-order valence-electron chi connectivity index (χ3n) is 6.19. The second-order valence-corrected chi connectivity index (χ2v) is 11.0. The van der Waals surface area contributed by atoms with Gasteiger partial charge >= 0.3 is 10.1 Å². The van der Waals surface area contributed by atoms with Gasteiger partial charge in [-0.05, 0) is 47.0 Å². The molecule has 4 rings (SSSR count). The molecule has 0 atom stereocenters. The summed E-state index contributed by atoms with van der Waals surface area (Å²) in [6.45, 7) is 0.276. The Morgan fingerprint density at radius 3 is 2.07 bits per heavy atom. The lowest BCUT2D eigenvalue weighted by Crippen LogP contribution is -2.23. The van der Waals surface area contributed by atoms with Crippen LogP contribution in [0.5, 0.6) is 28.7 Å². The number of rotatable bonds is 10. The van der Waals surface area contributed by atoms with E-state index in [2.05, 4.69) is 0 Å². The second-order valence-electron chi connectivity index (χ2n) is 9.38. The van der Waals surface area contributed by atoms with E-state index < -0.39 is 10.1 Å². The zero-order valence-electron chi connectivity index (χ0n) is 23.4. The van der Waals surface area contributed by atoms with Crippen molar-refractivity contribution in [2.75, 3.05) is 34.6 Å². The molecule has 4 aromatic carbocycles. The molecule has 0 saturated carbocycles. The lowest BCUT2D eigenvalue weighted by Gasteiger charge is -2.23. The molecule has 4 aromatic rings. The molecule has 1 amide bonds. The first-order valence-corrected chi connectivity index (χ1v) is 14.3. The SMILES string of the molecule is COc1cc(-c2ccc(OS(C)(=O)=O)cc2)c(OC)c(C(=O)N(C)C)c1-c1ccc(OCc2ccccc2)c(O)c1. The third-order valence-corrected chi connectivity index (χ3v) is 6.68. The normalized spacial score (nSPS) is 11.0. The van der Waals surface area contributed by atoms with E-state index in [4.69, 9.17) is 18.4 Å². The van der Waals surface area contributed by atoms with Gasteiger partial charge in [-0.15, -0.1) is 0 Å². The minimum Gasteiger partial charge on any atom is -0.504 e. The summed E-state index contributed by atoms with van der Waals surface area (Å²) < 4.78 is 45.4. The van der Waals surface area contributed by atoms with Crippen LogP contribution in [0, 0.1) is 0 Å². The van der Waals surface area contributed by atoms with Gasteiger partial charge < -0.3 is 28.4 Å². The topological polar surface area (TPSA) is 112 Å². The van der Waals surface area contributed by atoms with E-state index in [-0.39, 0.29) is 41.1 Å². The van der Waals surface area contributed by atoms with Crippen LogP contribution >= 0.6 is 0 Å². The monoisotopic (exact) mass is 577 g/mol. The minimum absolute atomic E-state index is 0.103. The molecule has 0 aliphatic heterocycles. The molecule has 214 valence electrons. The molecular formula is C31H31NO8S. The number of carbonyl (C=O) groups excluding carboxylic acids is 1. The average molecular weight is 578 g/mol. The molecule has 10 heteroatoms. The van der Waals surface area contributed by atoms with Gasteiger partial charge in [-0.1, -0.05) is 48.5 Å². The van der Waals surface area contributed by atoms with Crippen molar-refractivity contribution in [3.63, 3.8) is 0 Å². The van der Waals surface area contributed by atoms with Crippen LogP contribution in [0.25, 0.3) is 22.3 Å². The van der Waals surface area contributed by atoms with Crippen LogP contribution in [-0.2, 0) is 16.7 Å². The highest BCUT2D eigenvalue weighted by atomic mass is 32.2. The standard InChI is InChI=1S/C31H31NO8S/c1-32(2)31(34)29-28(22-13-16-26(25(33)17-22)39-19-20-9-7-6-8-10-20)27(37-3)18-24(30(29)38-4)21-11-14-23(15-12-21)40-41(5,35)36/h6-18,33H,19H2,1-5H3. The lowest BCUT2D eigenvalue weighted by atomic mass is 9.91. The molecule has 0 fully saturated rings. The van der Waals surface area contributed by atoms with Crippen molar-refractivity contribution in [1.82, 2.24) is 4.90 Å². The fraction of sp³-hybridized carbons (Fsp3) is 0.194. The summed E-state index contributed by atoms with van der Waals surface area (Å²) in [5.74, 6) is 0.622. The molecule has 0 aliphatic carbocycles. The highest BCUT2D eigenvalue weighted by molar-refractivity contribution is 7.86. The van der Waals surface area contributed by atoms with Crippen LogP contribution in [0.15, 0.2) is 78.9 Å². The first kappa shape index (κ1) is 29.3. The maximum absolute atomic E-state index is 13.6. The van der Waals surface area contributed by atoms with Gasteiger partial charge in [0, 0.05) is 25.2 Å². The number of methoxy groups -OCH3 is 2. The van der Waals surface area contributed by atoms with Crippen molar-refractivity contribution in [3.05, 3.63) is 90.0 Å². The summed E-state index contributed by atoms with van der Waals surface area (Å²) in [5.41, 5.74) is 3.28. The molecule has 0 radical (unpaired) electrons. The predicted molar refractivity (Wildman–Crippen MR) is 156 cm³/mol. The van der Waals surface area contributed by atoms with Gasteiger partial charge in [0.05, 0.1) is 26.0 Å². The Morgan fingerprint density at radius 1 is 0.854 bits per heavy atom. The number of hydrogen-bond acceptors (Lipinski definition) is 8. The summed E-state index contributed by atoms with van der Waals surface area (Å²) in [6, 6.07) is 22.5. The smallest absolute Gasteiger partial charge is 0.306 e. The van der Waals surface area contributed by atoms with Crippen molar-refractivity contribution < 1.29 is 36.7 Å². The second kappa shape index (κ2) is 12.2. The molecular weight excluding hydrogens is 546 g/mol. The van der Waals surface area contributed by atoms with Gasteiger partial charge in [0.25, 0.3) is 5.91 Å². The molecule has 0 bridgehead atoms. The molecule has 1 N–H and O–H groups in total. The summed E-state index contributed by atoms with van der Waals surface area (Å²) in [4.78, 5) is 15.0. The first-order valence-electron chi connectivity index (χ1n) is 12.5. The highest BCUT2D eigenvalue weighted by Crippen LogP contribution is 2.47. The van der Waals surface area contributed by atoms with Gasteiger partial charge in [-0.2, -0.15) is 8.42 Å². The molecule has 9 nitrogen and oxygen atoms in total. The van der Waals surface area contributed by atoms with Crippen LogP contribution in [-0.4, -0.2) is 58.9 Å². The van der Waals surface area contributed by atoms with E-state index in [0.29, 0.717) is 28.0 Å². The summed E-state index contributed by atoms with van der Waals surface area (Å²) in [6.07, 6.45) is 0.965. The van der Waals surface area contributed by atoms with E-state index in [1.807, 2.05) is 30.3 Å². The predicted octanol–water partition coefficient (Wildman–Crippen LogP) is 5.36. The Kier molecular flexibility index (Phi) is 8.73. The number of phenolic OH excluding ortho intramolecular Hbond substituents is 1. The molecule has 0 unspecified atom stereocenters. The maximum Gasteiger partial charge on any atom is 0.306 e. The van der Waals surface area contributed by atoms with Crippen molar-refractivity contribution in [3.8, 4) is 51.0 Å². The van der Waals surface area contributed by atoms with Crippen molar-refractivity contribution in [2.45, 2.75) is 6.61 Å².